The molecule has 1 saturated heterocycles. The molecule has 1 aromatic rings. The van der Waals surface area contributed by atoms with E-state index in [9.17, 15) is 9.90 Å². The van der Waals surface area contributed by atoms with Crippen molar-refractivity contribution in [2.75, 3.05) is 16.9 Å². The number of rotatable bonds is 2. The molecule has 7 heteroatoms. The first-order valence-electron chi connectivity index (χ1n) is 4.53. The van der Waals surface area contributed by atoms with Crippen LogP contribution in [0.1, 0.15) is 0 Å². The summed E-state index contributed by atoms with van der Waals surface area (Å²) < 4.78 is 0. The summed E-state index contributed by atoms with van der Waals surface area (Å²) in [5, 5.41) is 15.0. The summed E-state index contributed by atoms with van der Waals surface area (Å²) in [6.07, 6.45) is 1.52. The van der Waals surface area contributed by atoms with Crippen LogP contribution in [0.25, 0.3) is 0 Å². The minimum absolute atomic E-state index is 0. The molecule has 0 aromatic carbocycles. The molecule has 1 atom stereocenters. The van der Waals surface area contributed by atoms with E-state index in [-0.39, 0.29) is 35.9 Å². The second-order valence-corrected chi connectivity index (χ2v) is 4.16. The molecule has 0 unspecified atom stereocenters. The number of carbonyl (C=O) groups is 1. The Hall–Kier alpha value is -0.980. The molecule has 1 aliphatic heterocycles. The number of pyridine rings is 1. The molecule has 88 valence electrons. The standard InChI is InChI=1S/C9H11N3O2S.ClH/c13-7-2-1-3-10-8(7)12-9(14)6-4-15-5-11-6;/h1-3,6,11,13H,4-5H2,(H,10,12,14);1H/t6-;/m1./s1. The van der Waals surface area contributed by atoms with Gasteiger partial charge in [0.2, 0.25) is 5.91 Å². The molecule has 0 bridgehead atoms. The van der Waals surface area contributed by atoms with Crippen LogP contribution in [-0.4, -0.2) is 33.7 Å². The third-order valence-corrected chi connectivity index (χ3v) is 3.00. The molecular weight excluding hydrogens is 250 g/mol. The van der Waals surface area contributed by atoms with E-state index in [0.717, 1.165) is 11.6 Å². The highest BCUT2D eigenvalue weighted by atomic mass is 35.5. The number of thioether (sulfide) groups is 1. The van der Waals surface area contributed by atoms with Crippen LogP contribution in [0.4, 0.5) is 5.82 Å². The van der Waals surface area contributed by atoms with Gasteiger partial charge in [-0.2, -0.15) is 0 Å². The highest BCUT2D eigenvalue weighted by Gasteiger charge is 2.23. The molecule has 2 heterocycles. The van der Waals surface area contributed by atoms with Crippen molar-refractivity contribution < 1.29 is 9.90 Å². The largest absolute Gasteiger partial charge is 0.504 e. The van der Waals surface area contributed by atoms with E-state index < -0.39 is 0 Å². The van der Waals surface area contributed by atoms with Crippen molar-refractivity contribution in [3.05, 3.63) is 18.3 Å². The van der Waals surface area contributed by atoms with Gasteiger partial charge in [0.15, 0.2) is 11.6 Å². The molecule has 1 aliphatic rings. The summed E-state index contributed by atoms with van der Waals surface area (Å²) >= 11 is 1.67. The van der Waals surface area contributed by atoms with Crippen molar-refractivity contribution in [2.45, 2.75) is 6.04 Å². The second kappa shape index (κ2) is 5.93. The fourth-order valence-corrected chi connectivity index (χ4v) is 2.20. The fourth-order valence-electron chi connectivity index (χ4n) is 1.26. The van der Waals surface area contributed by atoms with Crippen LogP contribution in [0.15, 0.2) is 18.3 Å². The highest BCUT2D eigenvalue weighted by Crippen LogP contribution is 2.19. The van der Waals surface area contributed by atoms with Crippen LogP contribution in [0, 0.1) is 0 Å². The second-order valence-electron chi connectivity index (χ2n) is 3.13. The number of carbonyl (C=O) groups excluding carboxylic acids is 1. The molecule has 16 heavy (non-hydrogen) atoms. The van der Waals surface area contributed by atoms with Crippen molar-refractivity contribution in [1.29, 1.82) is 0 Å². The third kappa shape index (κ3) is 3.01. The Morgan fingerprint density at radius 2 is 2.50 bits per heavy atom. The van der Waals surface area contributed by atoms with Crippen LogP contribution in [0.2, 0.25) is 0 Å². The molecule has 3 N–H and O–H groups in total. The summed E-state index contributed by atoms with van der Waals surface area (Å²) in [6.45, 7) is 0. The van der Waals surface area contributed by atoms with Crippen LogP contribution < -0.4 is 10.6 Å². The van der Waals surface area contributed by atoms with E-state index in [1.807, 2.05) is 0 Å². The quantitative estimate of drug-likeness (QED) is 0.735. The van der Waals surface area contributed by atoms with Crippen molar-refractivity contribution >= 4 is 35.9 Å². The maximum atomic E-state index is 11.6. The SMILES string of the molecule is Cl.O=C(Nc1ncccc1O)[C@H]1CSCN1. The van der Waals surface area contributed by atoms with E-state index in [4.69, 9.17) is 0 Å². The number of nitrogens with one attached hydrogen (secondary N) is 2. The topological polar surface area (TPSA) is 74.2 Å². The minimum Gasteiger partial charge on any atom is -0.504 e. The molecular formula is C9H12ClN3O2S. The van der Waals surface area contributed by atoms with Gasteiger partial charge >= 0.3 is 0 Å². The monoisotopic (exact) mass is 261 g/mol. The Bertz CT molecular complexity index is 372. The smallest absolute Gasteiger partial charge is 0.243 e. The number of anilines is 1. The van der Waals surface area contributed by atoms with Crippen LogP contribution >= 0.6 is 24.2 Å². The lowest BCUT2D eigenvalue weighted by Crippen LogP contribution is -2.37. The Morgan fingerprint density at radius 3 is 3.12 bits per heavy atom. The maximum Gasteiger partial charge on any atom is 0.243 e. The Balaban J connectivity index is 0.00000128. The zero-order valence-electron chi connectivity index (χ0n) is 8.34. The molecule has 0 spiro atoms. The molecule has 2 rings (SSSR count). The first-order valence-corrected chi connectivity index (χ1v) is 5.69. The molecule has 1 aromatic heterocycles. The van der Waals surface area contributed by atoms with E-state index in [1.165, 1.54) is 12.3 Å². The predicted molar refractivity (Wildman–Crippen MR) is 66.0 cm³/mol. The van der Waals surface area contributed by atoms with E-state index in [2.05, 4.69) is 15.6 Å². The third-order valence-electron chi connectivity index (χ3n) is 2.06. The van der Waals surface area contributed by atoms with Crippen LogP contribution in [0.5, 0.6) is 5.75 Å². The van der Waals surface area contributed by atoms with Crippen molar-refractivity contribution in [1.82, 2.24) is 10.3 Å². The van der Waals surface area contributed by atoms with Gasteiger partial charge in [0, 0.05) is 17.8 Å². The number of hydrogen-bond donors (Lipinski definition) is 3. The number of aromatic hydroxyl groups is 1. The number of hydrogen-bond acceptors (Lipinski definition) is 5. The van der Waals surface area contributed by atoms with Crippen LogP contribution in [0.3, 0.4) is 0 Å². The molecule has 1 amide bonds. The summed E-state index contributed by atoms with van der Waals surface area (Å²) in [5.74, 6) is 1.57. The van der Waals surface area contributed by atoms with Crippen LogP contribution in [-0.2, 0) is 4.79 Å². The maximum absolute atomic E-state index is 11.6. The Morgan fingerprint density at radius 1 is 1.69 bits per heavy atom. The van der Waals surface area contributed by atoms with Gasteiger partial charge in [0.05, 0.1) is 6.04 Å². The van der Waals surface area contributed by atoms with Gasteiger partial charge in [-0.3, -0.25) is 10.1 Å². The molecule has 5 nitrogen and oxygen atoms in total. The average molecular weight is 262 g/mol. The molecule has 1 fully saturated rings. The predicted octanol–water partition coefficient (Wildman–Crippen LogP) is 0.810. The lowest BCUT2D eigenvalue weighted by molar-refractivity contribution is -0.117. The van der Waals surface area contributed by atoms with Gasteiger partial charge in [-0.15, -0.1) is 24.2 Å². The van der Waals surface area contributed by atoms with Crippen molar-refractivity contribution in [2.24, 2.45) is 0 Å². The lowest BCUT2D eigenvalue weighted by atomic mass is 10.3. The zero-order chi connectivity index (χ0) is 10.7. The van der Waals surface area contributed by atoms with E-state index in [0.29, 0.717) is 0 Å². The number of nitrogens with zero attached hydrogens (tertiary/aromatic N) is 1. The summed E-state index contributed by atoms with van der Waals surface area (Å²) in [6, 6.07) is 2.89. The Labute approximate surface area is 103 Å². The number of aromatic nitrogens is 1. The van der Waals surface area contributed by atoms with Gasteiger partial charge in [0.1, 0.15) is 0 Å². The van der Waals surface area contributed by atoms with Gasteiger partial charge in [-0.05, 0) is 12.1 Å². The van der Waals surface area contributed by atoms with E-state index in [1.54, 1.807) is 17.8 Å². The summed E-state index contributed by atoms with van der Waals surface area (Å²) in [4.78, 5) is 15.5. The highest BCUT2D eigenvalue weighted by molar-refractivity contribution is 7.99. The lowest BCUT2D eigenvalue weighted by Gasteiger charge is -2.10. The van der Waals surface area contributed by atoms with Gasteiger partial charge in [0.25, 0.3) is 0 Å². The van der Waals surface area contributed by atoms with Gasteiger partial charge < -0.3 is 10.4 Å². The van der Waals surface area contributed by atoms with Crippen molar-refractivity contribution in [3.63, 3.8) is 0 Å². The molecule has 0 saturated carbocycles. The average Bonchev–Trinajstić information content (AvgIpc) is 2.74. The number of halogens is 1. The number of amides is 1. The van der Waals surface area contributed by atoms with E-state index >= 15 is 0 Å². The summed E-state index contributed by atoms with van der Waals surface area (Å²) in [5.41, 5.74) is 0. The van der Waals surface area contributed by atoms with Gasteiger partial charge in [-0.25, -0.2) is 4.98 Å². The first-order chi connectivity index (χ1) is 7.27. The Kier molecular flexibility index (Phi) is 4.85. The fraction of sp³-hybridized carbons (Fsp3) is 0.333. The normalized spacial score (nSPS) is 18.9. The molecule has 0 radical (unpaired) electrons. The zero-order valence-corrected chi connectivity index (χ0v) is 9.98. The molecule has 0 aliphatic carbocycles. The minimum atomic E-state index is -0.198. The van der Waals surface area contributed by atoms with Gasteiger partial charge in [-0.1, -0.05) is 0 Å². The first kappa shape index (κ1) is 13.1. The van der Waals surface area contributed by atoms with Crippen molar-refractivity contribution in [3.8, 4) is 5.75 Å². The summed E-state index contributed by atoms with van der Waals surface area (Å²) in [7, 11) is 0.